The van der Waals surface area contributed by atoms with E-state index < -0.39 is 10.0 Å². The summed E-state index contributed by atoms with van der Waals surface area (Å²) in [5, 5.41) is 2.76. The van der Waals surface area contributed by atoms with E-state index in [0.29, 0.717) is 29.3 Å². The summed E-state index contributed by atoms with van der Waals surface area (Å²) in [6.45, 7) is 3.96. The Morgan fingerprint density at radius 1 is 1.17 bits per heavy atom. The van der Waals surface area contributed by atoms with Gasteiger partial charge < -0.3 is 10.1 Å². The lowest BCUT2D eigenvalue weighted by atomic mass is 10.2. The molecular weight excluding hydrogens is 328 g/mol. The Bertz CT molecular complexity index is 830. The van der Waals surface area contributed by atoms with Gasteiger partial charge in [0.2, 0.25) is 10.0 Å². The molecule has 0 atom stereocenters. The SMILES string of the molecule is C=CCOc1cccc(NC(=O)c2ccc(NS(C)(=O)=O)cc2)c1. The summed E-state index contributed by atoms with van der Waals surface area (Å²) < 4.78 is 30.1. The van der Waals surface area contributed by atoms with Crippen molar-refractivity contribution in [1.82, 2.24) is 0 Å². The number of ether oxygens (including phenoxy) is 1. The van der Waals surface area contributed by atoms with Crippen molar-refractivity contribution < 1.29 is 17.9 Å². The van der Waals surface area contributed by atoms with Gasteiger partial charge in [0, 0.05) is 23.0 Å². The van der Waals surface area contributed by atoms with Crippen LogP contribution in [0.4, 0.5) is 11.4 Å². The molecule has 0 aliphatic heterocycles. The third kappa shape index (κ3) is 5.44. The minimum atomic E-state index is -3.34. The first-order valence-electron chi connectivity index (χ1n) is 7.10. The number of carbonyl (C=O) groups excluding carboxylic acids is 1. The molecule has 0 bridgehead atoms. The molecule has 1 amide bonds. The largest absolute Gasteiger partial charge is 0.489 e. The highest BCUT2D eigenvalue weighted by molar-refractivity contribution is 7.92. The highest BCUT2D eigenvalue weighted by atomic mass is 32.2. The van der Waals surface area contributed by atoms with Gasteiger partial charge in [-0.05, 0) is 36.4 Å². The van der Waals surface area contributed by atoms with Gasteiger partial charge in [-0.1, -0.05) is 18.7 Å². The molecule has 0 spiro atoms. The minimum absolute atomic E-state index is 0.304. The zero-order chi connectivity index (χ0) is 17.6. The molecular formula is C17H18N2O4S. The molecule has 6 nitrogen and oxygen atoms in total. The van der Waals surface area contributed by atoms with Gasteiger partial charge in [-0.15, -0.1) is 0 Å². The predicted octanol–water partition coefficient (Wildman–Crippen LogP) is 2.88. The number of nitrogens with one attached hydrogen (secondary N) is 2. The Hall–Kier alpha value is -2.80. The Kier molecular flexibility index (Phi) is 5.59. The lowest BCUT2D eigenvalue weighted by molar-refractivity contribution is 0.102. The molecule has 2 aromatic rings. The molecule has 0 aliphatic rings. The van der Waals surface area contributed by atoms with E-state index in [9.17, 15) is 13.2 Å². The number of carbonyl (C=O) groups is 1. The van der Waals surface area contributed by atoms with Crippen LogP contribution in [0.15, 0.2) is 61.2 Å². The fourth-order valence-electron chi connectivity index (χ4n) is 1.93. The van der Waals surface area contributed by atoms with E-state index in [1.54, 1.807) is 42.5 Å². The highest BCUT2D eigenvalue weighted by Crippen LogP contribution is 2.19. The fourth-order valence-corrected chi connectivity index (χ4v) is 2.49. The Balaban J connectivity index is 2.05. The molecule has 0 fully saturated rings. The van der Waals surface area contributed by atoms with Gasteiger partial charge in [0.25, 0.3) is 5.91 Å². The Morgan fingerprint density at radius 2 is 1.88 bits per heavy atom. The Morgan fingerprint density at radius 3 is 2.50 bits per heavy atom. The summed E-state index contributed by atoms with van der Waals surface area (Å²) in [7, 11) is -3.34. The van der Waals surface area contributed by atoms with E-state index in [4.69, 9.17) is 4.74 Å². The number of sulfonamides is 1. The highest BCUT2D eigenvalue weighted by Gasteiger charge is 2.08. The van der Waals surface area contributed by atoms with Crippen molar-refractivity contribution in [3.05, 3.63) is 66.7 Å². The van der Waals surface area contributed by atoms with Crippen LogP contribution >= 0.6 is 0 Å². The molecule has 0 saturated carbocycles. The number of amides is 1. The van der Waals surface area contributed by atoms with Crippen molar-refractivity contribution in [3.8, 4) is 5.75 Å². The van der Waals surface area contributed by atoms with Gasteiger partial charge in [0.05, 0.1) is 6.26 Å². The summed E-state index contributed by atoms with van der Waals surface area (Å²) in [6.07, 6.45) is 2.70. The summed E-state index contributed by atoms with van der Waals surface area (Å²) in [6, 6.07) is 13.2. The number of hydrogen-bond donors (Lipinski definition) is 2. The molecule has 126 valence electrons. The normalized spacial score (nSPS) is 10.7. The molecule has 0 radical (unpaired) electrons. The van der Waals surface area contributed by atoms with E-state index in [1.165, 1.54) is 12.1 Å². The Labute approximate surface area is 141 Å². The predicted molar refractivity (Wildman–Crippen MR) is 95.0 cm³/mol. The van der Waals surface area contributed by atoms with Crippen molar-refractivity contribution in [2.45, 2.75) is 0 Å². The maximum Gasteiger partial charge on any atom is 0.255 e. The van der Waals surface area contributed by atoms with Crippen molar-refractivity contribution in [1.29, 1.82) is 0 Å². The maximum absolute atomic E-state index is 12.2. The molecule has 2 aromatic carbocycles. The van der Waals surface area contributed by atoms with E-state index >= 15 is 0 Å². The van der Waals surface area contributed by atoms with Crippen molar-refractivity contribution in [2.75, 3.05) is 22.9 Å². The van der Waals surface area contributed by atoms with E-state index in [-0.39, 0.29) is 5.91 Å². The van der Waals surface area contributed by atoms with Crippen LogP contribution in [0.1, 0.15) is 10.4 Å². The third-order valence-electron chi connectivity index (χ3n) is 2.91. The number of rotatable bonds is 7. The van der Waals surface area contributed by atoms with Gasteiger partial charge in [-0.25, -0.2) is 8.42 Å². The molecule has 0 saturated heterocycles. The van der Waals surface area contributed by atoms with Crippen LogP contribution in [-0.2, 0) is 10.0 Å². The zero-order valence-electron chi connectivity index (χ0n) is 13.2. The van der Waals surface area contributed by atoms with Crippen LogP contribution in [0, 0.1) is 0 Å². The lowest BCUT2D eigenvalue weighted by Crippen LogP contribution is -2.13. The molecule has 24 heavy (non-hydrogen) atoms. The third-order valence-corrected chi connectivity index (χ3v) is 3.52. The maximum atomic E-state index is 12.2. The second-order valence-electron chi connectivity index (χ2n) is 5.03. The summed E-state index contributed by atoms with van der Waals surface area (Å²) in [4.78, 5) is 12.2. The van der Waals surface area contributed by atoms with Crippen LogP contribution in [0.25, 0.3) is 0 Å². The first kappa shape index (κ1) is 17.6. The average Bonchev–Trinajstić information content (AvgIpc) is 2.52. The molecule has 2 N–H and O–H groups in total. The summed E-state index contributed by atoms with van der Waals surface area (Å²) in [5.74, 6) is 0.321. The smallest absolute Gasteiger partial charge is 0.255 e. The van der Waals surface area contributed by atoms with Crippen LogP contribution in [0.5, 0.6) is 5.75 Å². The van der Waals surface area contributed by atoms with Crippen LogP contribution in [0.2, 0.25) is 0 Å². The lowest BCUT2D eigenvalue weighted by Gasteiger charge is -2.09. The first-order valence-corrected chi connectivity index (χ1v) is 8.99. The summed E-state index contributed by atoms with van der Waals surface area (Å²) in [5.41, 5.74) is 1.40. The number of hydrogen-bond acceptors (Lipinski definition) is 4. The number of benzene rings is 2. The monoisotopic (exact) mass is 346 g/mol. The molecule has 0 heterocycles. The average molecular weight is 346 g/mol. The number of anilines is 2. The minimum Gasteiger partial charge on any atom is -0.489 e. The van der Waals surface area contributed by atoms with E-state index in [1.807, 2.05) is 0 Å². The van der Waals surface area contributed by atoms with E-state index in [2.05, 4.69) is 16.6 Å². The van der Waals surface area contributed by atoms with Crippen molar-refractivity contribution in [3.63, 3.8) is 0 Å². The zero-order valence-corrected chi connectivity index (χ0v) is 14.0. The second-order valence-corrected chi connectivity index (χ2v) is 6.78. The molecule has 0 aromatic heterocycles. The molecule has 0 unspecified atom stereocenters. The first-order chi connectivity index (χ1) is 11.4. The molecule has 0 aliphatic carbocycles. The van der Waals surface area contributed by atoms with Crippen molar-refractivity contribution in [2.24, 2.45) is 0 Å². The molecule has 2 rings (SSSR count). The fraction of sp³-hybridized carbons (Fsp3) is 0.118. The van der Waals surface area contributed by atoms with Gasteiger partial charge in [0.1, 0.15) is 12.4 Å². The second kappa shape index (κ2) is 7.65. The van der Waals surface area contributed by atoms with Crippen LogP contribution < -0.4 is 14.8 Å². The molecule has 7 heteroatoms. The van der Waals surface area contributed by atoms with Gasteiger partial charge >= 0.3 is 0 Å². The van der Waals surface area contributed by atoms with Gasteiger partial charge in [-0.3, -0.25) is 9.52 Å². The van der Waals surface area contributed by atoms with Gasteiger partial charge in [-0.2, -0.15) is 0 Å². The van der Waals surface area contributed by atoms with Gasteiger partial charge in [0.15, 0.2) is 0 Å². The van der Waals surface area contributed by atoms with E-state index in [0.717, 1.165) is 6.26 Å². The van der Waals surface area contributed by atoms with Crippen LogP contribution in [-0.4, -0.2) is 27.2 Å². The quantitative estimate of drug-likeness (QED) is 0.755. The topological polar surface area (TPSA) is 84.5 Å². The van der Waals surface area contributed by atoms with Crippen molar-refractivity contribution >= 4 is 27.3 Å². The van der Waals surface area contributed by atoms with Crippen LogP contribution in [0.3, 0.4) is 0 Å². The summed E-state index contributed by atoms with van der Waals surface area (Å²) >= 11 is 0. The standard InChI is InChI=1S/C17H18N2O4S/c1-3-11-23-16-6-4-5-15(12-16)18-17(20)13-7-9-14(10-8-13)19-24(2,21)22/h3-10,12,19H,1,11H2,2H3,(H,18,20).